The van der Waals surface area contributed by atoms with Gasteiger partial charge >= 0.3 is 0 Å². The van der Waals surface area contributed by atoms with Gasteiger partial charge in [-0.15, -0.1) is 0 Å². The molecule has 156 valence electrons. The van der Waals surface area contributed by atoms with Gasteiger partial charge in [0.25, 0.3) is 11.8 Å². The van der Waals surface area contributed by atoms with Crippen molar-refractivity contribution in [2.75, 3.05) is 10.6 Å². The van der Waals surface area contributed by atoms with E-state index in [1.54, 1.807) is 88.4 Å². The Bertz CT molecular complexity index is 867. The summed E-state index contributed by atoms with van der Waals surface area (Å²) in [6, 6.07) is 16.0. The Labute approximate surface area is 172 Å². The number of sulfonamides is 1. The van der Waals surface area contributed by atoms with Gasteiger partial charge in [-0.25, -0.2) is 8.42 Å². The van der Waals surface area contributed by atoms with Gasteiger partial charge in [0, 0.05) is 23.5 Å². The predicted molar refractivity (Wildman–Crippen MR) is 115 cm³/mol. The number of hydrogen-bond acceptors (Lipinski definition) is 4. The van der Waals surface area contributed by atoms with Crippen LogP contribution < -0.4 is 10.6 Å². The third kappa shape index (κ3) is 5.65. The Kier molecular flexibility index (Phi) is 7.53. The molecular weight excluding hydrogens is 390 g/mol. The Hall–Kier alpha value is -2.71. The summed E-state index contributed by atoms with van der Waals surface area (Å²) in [5.74, 6) is -1.81. The summed E-state index contributed by atoms with van der Waals surface area (Å²) in [5, 5.41) is 3.15. The molecule has 0 unspecified atom stereocenters. The predicted octanol–water partition coefficient (Wildman–Crippen LogP) is 3.08. The van der Waals surface area contributed by atoms with Crippen LogP contribution in [0.3, 0.4) is 0 Å². The Morgan fingerprint density at radius 1 is 0.724 bits per heavy atom. The lowest BCUT2D eigenvalue weighted by Crippen LogP contribution is -2.54. The minimum atomic E-state index is -4.29. The molecule has 2 rings (SSSR count). The zero-order valence-corrected chi connectivity index (χ0v) is 17.8. The van der Waals surface area contributed by atoms with Crippen LogP contribution in [-0.4, -0.2) is 41.9 Å². The quantitative estimate of drug-likeness (QED) is 0.645. The lowest BCUT2D eigenvalue weighted by molar-refractivity contribution is -0.123. The molecule has 0 aliphatic rings. The Morgan fingerprint density at radius 2 is 1.07 bits per heavy atom. The molecule has 0 fully saturated rings. The highest BCUT2D eigenvalue weighted by Crippen LogP contribution is 2.20. The van der Waals surface area contributed by atoms with E-state index in [2.05, 4.69) is 10.6 Å². The van der Waals surface area contributed by atoms with Crippen molar-refractivity contribution < 1.29 is 18.0 Å². The molecule has 2 aromatic carbocycles. The lowest BCUT2D eigenvalue weighted by Gasteiger charge is -2.32. The van der Waals surface area contributed by atoms with Crippen LogP contribution in [0.5, 0.6) is 0 Å². The number of nitrogens with one attached hydrogen (secondary N) is 2. The van der Waals surface area contributed by atoms with E-state index in [-0.39, 0.29) is 0 Å². The fourth-order valence-corrected chi connectivity index (χ4v) is 5.23. The van der Waals surface area contributed by atoms with Crippen LogP contribution in [0.2, 0.25) is 0 Å². The Morgan fingerprint density at radius 3 is 1.38 bits per heavy atom. The molecule has 0 spiro atoms. The maximum atomic E-state index is 13.4. The summed E-state index contributed by atoms with van der Waals surface area (Å²) in [4.78, 5) is 25.9. The fraction of sp³-hybridized carbons (Fsp3) is 0.333. The fourth-order valence-electron chi connectivity index (χ4n) is 3.15. The van der Waals surface area contributed by atoms with Crippen molar-refractivity contribution in [1.82, 2.24) is 4.31 Å². The summed E-state index contributed by atoms with van der Waals surface area (Å²) in [7, 11) is -4.29. The summed E-state index contributed by atoms with van der Waals surface area (Å²) >= 11 is 0. The van der Waals surface area contributed by atoms with Crippen LogP contribution in [0, 0.1) is 0 Å². The molecule has 8 heteroatoms. The first-order valence-electron chi connectivity index (χ1n) is 9.38. The molecule has 0 heterocycles. The van der Waals surface area contributed by atoms with Crippen LogP contribution >= 0.6 is 0 Å². The molecule has 0 bridgehead atoms. The van der Waals surface area contributed by atoms with Crippen LogP contribution in [-0.2, 0) is 19.6 Å². The normalized spacial score (nSPS) is 11.9. The summed E-state index contributed by atoms with van der Waals surface area (Å²) in [6.07, 6.45) is 0. The third-order valence-electron chi connectivity index (χ3n) is 4.17. The standard InChI is InChI=1S/C21H27N3O4S/c1-15(2)24(16(3)4)29(27,28)19(20(25)22-17-11-7-5-8-12-17)21(26)23-18-13-9-6-10-14-18/h5-16,19H,1-4H3,(H,22,25)(H,23,26). The van der Waals surface area contributed by atoms with Gasteiger partial charge in [-0.05, 0) is 52.0 Å². The zero-order valence-electron chi connectivity index (χ0n) is 17.0. The number of hydrogen-bond donors (Lipinski definition) is 2. The number of para-hydroxylation sites is 2. The Balaban J connectivity index is 2.43. The number of benzene rings is 2. The summed E-state index contributed by atoms with van der Waals surface area (Å²) in [6.45, 7) is 6.83. The van der Waals surface area contributed by atoms with E-state index >= 15 is 0 Å². The second-order valence-corrected chi connectivity index (χ2v) is 9.08. The molecule has 0 aliphatic carbocycles. The second-order valence-electron chi connectivity index (χ2n) is 7.15. The zero-order chi connectivity index (χ0) is 21.6. The molecule has 2 aromatic rings. The number of carbonyl (C=O) groups is 2. The molecule has 29 heavy (non-hydrogen) atoms. The molecule has 2 amide bonds. The van der Waals surface area contributed by atoms with Gasteiger partial charge in [0.2, 0.25) is 15.3 Å². The van der Waals surface area contributed by atoms with Gasteiger partial charge in [-0.1, -0.05) is 36.4 Å². The average Bonchev–Trinajstić information content (AvgIpc) is 2.62. The van der Waals surface area contributed by atoms with Gasteiger partial charge in [0.15, 0.2) is 0 Å². The van der Waals surface area contributed by atoms with Crippen molar-refractivity contribution in [1.29, 1.82) is 0 Å². The maximum absolute atomic E-state index is 13.4. The monoisotopic (exact) mass is 417 g/mol. The molecule has 0 aliphatic heterocycles. The van der Waals surface area contributed by atoms with Crippen LogP contribution in [0.25, 0.3) is 0 Å². The van der Waals surface area contributed by atoms with Gasteiger partial charge in [0.05, 0.1) is 0 Å². The van der Waals surface area contributed by atoms with E-state index in [1.165, 1.54) is 4.31 Å². The summed E-state index contributed by atoms with van der Waals surface area (Å²) < 4.78 is 28.0. The van der Waals surface area contributed by atoms with Crippen molar-refractivity contribution in [3.63, 3.8) is 0 Å². The number of amides is 2. The first kappa shape index (κ1) is 22.6. The number of rotatable bonds is 8. The number of nitrogens with zero attached hydrogens (tertiary/aromatic N) is 1. The number of anilines is 2. The molecule has 7 nitrogen and oxygen atoms in total. The van der Waals surface area contributed by atoms with Crippen LogP contribution in [0.4, 0.5) is 11.4 Å². The molecule has 2 N–H and O–H groups in total. The van der Waals surface area contributed by atoms with Gasteiger partial charge in [-0.2, -0.15) is 4.31 Å². The highest BCUT2D eigenvalue weighted by Gasteiger charge is 2.45. The van der Waals surface area contributed by atoms with E-state index < -0.39 is 39.2 Å². The highest BCUT2D eigenvalue weighted by molar-refractivity contribution is 7.91. The smallest absolute Gasteiger partial charge is 0.253 e. The SMILES string of the molecule is CC(C)N(C(C)C)S(=O)(=O)C(C(=O)Nc1ccccc1)C(=O)Nc1ccccc1. The van der Waals surface area contributed by atoms with Gasteiger partial charge in [-0.3, -0.25) is 9.59 Å². The largest absolute Gasteiger partial charge is 0.324 e. The minimum Gasteiger partial charge on any atom is -0.324 e. The van der Waals surface area contributed by atoms with Crippen molar-refractivity contribution >= 4 is 33.2 Å². The third-order valence-corrected chi connectivity index (χ3v) is 6.62. The molecular formula is C21H27N3O4S. The van der Waals surface area contributed by atoms with E-state index in [0.29, 0.717) is 11.4 Å². The van der Waals surface area contributed by atoms with Crippen LogP contribution in [0.1, 0.15) is 27.7 Å². The minimum absolute atomic E-state index is 0.408. The van der Waals surface area contributed by atoms with Crippen molar-refractivity contribution in [3.8, 4) is 0 Å². The van der Waals surface area contributed by atoms with Gasteiger partial charge in [0.1, 0.15) is 0 Å². The first-order valence-corrected chi connectivity index (χ1v) is 10.9. The maximum Gasteiger partial charge on any atom is 0.253 e. The van der Waals surface area contributed by atoms with Crippen molar-refractivity contribution in [2.45, 2.75) is 45.0 Å². The average molecular weight is 418 g/mol. The molecule has 0 saturated carbocycles. The molecule has 0 aromatic heterocycles. The van der Waals surface area contributed by atoms with E-state index in [4.69, 9.17) is 0 Å². The second kappa shape index (κ2) is 9.67. The first-order chi connectivity index (χ1) is 13.6. The summed E-state index contributed by atoms with van der Waals surface area (Å²) in [5.41, 5.74) is 0.816. The molecule has 0 atom stereocenters. The van der Waals surface area contributed by atoms with Gasteiger partial charge < -0.3 is 10.6 Å². The van der Waals surface area contributed by atoms with Crippen LogP contribution in [0.15, 0.2) is 60.7 Å². The van der Waals surface area contributed by atoms with E-state index in [1.807, 2.05) is 0 Å². The molecule has 0 saturated heterocycles. The van der Waals surface area contributed by atoms with Crippen molar-refractivity contribution in [2.24, 2.45) is 0 Å². The van der Waals surface area contributed by atoms with E-state index in [0.717, 1.165) is 0 Å². The number of carbonyl (C=O) groups excluding carboxylic acids is 2. The lowest BCUT2D eigenvalue weighted by atomic mass is 10.2. The van der Waals surface area contributed by atoms with Crippen molar-refractivity contribution in [3.05, 3.63) is 60.7 Å². The highest BCUT2D eigenvalue weighted by atomic mass is 32.2. The van der Waals surface area contributed by atoms with E-state index in [9.17, 15) is 18.0 Å². The molecule has 0 radical (unpaired) electrons. The topological polar surface area (TPSA) is 95.6 Å².